The monoisotopic (exact) mass is 205 g/mol. The summed E-state index contributed by atoms with van der Waals surface area (Å²) in [5, 5.41) is 0. The summed E-state index contributed by atoms with van der Waals surface area (Å²) in [5.41, 5.74) is 13.1. The molecule has 3 atom stereocenters. The van der Waals surface area contributed by atoms with Gasteiger partial charge in [-0.1, -0.05) is 19.4 Å². The lowest BCUT2D eigenvalue weighted by Gasteiger charge is -2.20. The highest BCUT2D eigenvalue weighted by Crippen LogP contribution is 2.38. The topological polar surface area (TPSA) is 64.9 Å². The van der Waals surface area contributed by atoms with E-state index in [1.807, 2.05) is 12.1 Å². The fraction of sp³-hybridized carbons (Fsp3) is 0.583. The van der Waals surface area contributed by atoms with Crippen molar-refractivity contribution in [2.75, 3.05) is 5.73 Å². The van der Waals surface area contributed by atoms with E-state index in [0.717, 1.165) is 11.5 Å². The first kappa shape index (κ1) is 10.4. The molecule has 0 saturated heterocycles. The lowest BCUT2D eigenvalue weighted by molar-refractivity contribution is 0.429. The lowest BCUT2D eigenvalue weighted by atomic mass is 9.92. The van der Waals surface area contributed by atoms with Gasteiger partial charge < -0.3 is 11.5 Å². The molecule has 3 unspecified atom stereocenters. The molecular formula is C12H19N3. The van der Waals surface area contributed by atoms with Crippen molar-refractivity contribution in [1.82, 2.24) is 4.98 Å². The first-order valence-electron chi connectivity index (χ1n) is 5.64. The van der Waals surface area contributed by atoms with Gasteiger partial charge in [0.2, 0.25) is 0 Å². The Morgan fingerprint density at radius 1 is 1.47 bits per heavy atom. The van der Waals surface area contributed by atoms with Crippen LogP contribution in [0.3, 0.4) is 0 Å². The zero-order chi connectivity index (χ0) is 10.8. The van der Waals surface area contributed by atoms with E-state index in [4.69, 9.17) is 11.5 Å². The van der Waals surface area contributed by atoms with Gasteiger partial charge >= 0.3 is 0 Å². The Morgan fingerprint density at radius 2 is 2.27 bits per heavy atom. The quantitative estimate of drug-likeness (QED) is 0.777. The first-order chi connectivity index (χ1) is 7.18. The summed E-state index contributed by atoms with van der Waals surface area (Å²) in [4.78, 5) is 4.09. The van der Waals surface area contributed by atoms with Gasteiger partial charge in [-0.2, -0.15) is 0 Å². The summed E-state index contributed by atoms with van der Waals surface area (Å²) in [6, 6.07) is 3.96. The predicted molar refractivity (Wildman–Crippen MR) is 62.1 cm³/mol. The van der Waals surface area contributed by atoms with E-state index in [-0.39, 0.29) is 6.04 Å². The molecule has 1 heterocycles. The Labute approximate surface area is 90.9 Å². The van der Waals surface area contributed by atoms with Gasteiger partial charge in [-0.25, -0.2) is 4.98 Å². The summed E-state index contributed by atoms with van der Waals surface area (Å²) in [5.74, 6) is 1.97. The third-order valence-electron chi connectivity index (χ3n) is 3.47. The highest BCUT2D eigenvalue weighted by molar-refractivity contribution is 5.41. The van der Waals surface area contributed by atoms with Crippen molar-refractivity contribution in [1.29, 1.82) is 0 Å². The Hall–Kier alpha value is -1.09. The molecule has 0 aromatic carbocycles. The van der Waals surface area contributed by atoms with Gasteiger partial charge in [0.05, 0.1) is 0 Å². The maximum atomic E-state index is 6.24. The number of aromatic nitrogens is 1. The summed E-state index contributed by atoms with van der Waals surface area (Å²) >= 11 is 0. The molecule has 0 aliphatic heterocycles. The molecule has 3 nitrogen and oxygen atoms in total. The van der Waals surface area contributed by atoms with E-state index in [9.17, 15) is 0 Å². The van der Waals surface area contributed by atoms with E-state index in [1.54, 1.807) is 6.20 Å². The molecule has 4 N–H and O–H groups in total. The minimum absolute atomic E-state index is 0.0589. The SMILES string of the molecule is CC1CCC(C(N)c2cccnc2N)C1. The number of nitrogen functional groups attached to an aromatic ring is 1. The van der Waals surface area contributed by atoms with Crippen LogP contribution in [0.15, 0.2) is 18.3 Å². The van der Waals surface area contributed by atoms with Crippen molar-refractivity contribution in [3.8, 4) is 0 Å². The normalized spacial score (nSPS) is 27.9. The highest BCUT2D eigenvalue weighted by Gasteiger charge is 2.28. The smallest absolute Gasteiger partial charge is 0.128 e. The minimum Gasteiger partial charge on any atom is -0.383 e. The van der Waals surface area contributed by atoms with Crippen molar-refractivity contribution in [2.24, 2.45) is 17.6 Å². The van der Waals surface area contributed by atoms with E-state index in [1.165, 1.54) is 19.3 Å². The summed E-state index contributed by atoms with van der Waals surface area (Å²) in [7, 11) is 0. The van der Waals surface area contributed by atoms with Crippen LogP contribution < -0.4 is 11.5 Å². The number of nitrogens with zero attached hydrogens (tertiary/aromatic N) is 1. The number of nitrogens with two attached hydrogens (primary N) is 2. The summed E-state index contributed by atoms with van der Waals surface area (Å²) in [6.07, 6.45) is 5.44. The maximum Gasteiger partial charge on any atom is 0.128 e. The van der Waals surface area contributed by atoms with Crippen LogP contribution >= 0.6 is 0 Å². The van der Waals surface area contributed by atoms with Gasteiger partial charge in [-0.05, 0) is 30.7 Å². The van der Waals surface area contributed by atoms with Crippen LogP contribution in [0, 0.1) is 11.8 Å². The molecule has 1 aliphatic rings. The second kappa shape index (κ2) is 4.19. The van der Waals surface area contributed by atoms with E-state index in [0.29, 0.717) is 11.7 Å². The molecule has 1 aromatic rings. The Balaban J connectivity index is 2.14. The van der Waals surface area contributed by atoms with Crippen LogP contribution in [0.25, 0.3) is 0 Å². The maximum absolute atomic E-state index is 6.24. The molecule has 82 valence electrons. The molecular weight excluding hydrogens is 186 g/mol. The van der Waals surface area contributed by atoms with Gasteiger partial charge in [0.15, 0.2) is 0 Å². The van der Waals surface area contributed by atoms with Gasteiger partial charge in [0, 0.05) is 17.8 Å². The fourth-order valence-corrected chi connectivity index (χ4v) is 2.54. The van der Waals surface area contributed by atoms with Crippen molar-refractivity contribution < 1.29 is 0 Å². The molecule has 0 amide bonds. The number of anilines is 1. The fourth-order valence-electron chi connectivity index (χ4n) is 2.54. The Morgan fingerprint density at radius 3 is 2.87 bits per heavy atom. The van der Waals surface area contributed by atoms with Crippen LogP contribution in [-0.4, -0.2) is 4.98 Å². The first-order valence-corrected chi connectivity index (χ1v) is 5.64. The Kier molecular flexibility index (Phi) is 2.91. The second-order valence-electron chi connectivity index (χ2n) is 4.68. The molecule has 3 heteroatoms. The average molecular weight is 205 g/mol. The van der Waals surface area contributed by atoms with Crippen LogP contribution in [0.4, 0.5) is 5.82 Å². The van der Waals surface area contributed by atoms with Crippen molar-refractivity contribution >= 4 is 5.82 Å². The van der Waals surface area contributed by atoms with E-state index in [2.05, 4.69) is 11.9 Å². The highest BCUT2D eigenvalue weighted by atomic mass is 14.8. The Bertz CT molecular complexity index is 337. The number of hydrogen-bond donors (Lipinski definition) is 2. The van der Waals surface area contributed by atoms with Crippen LogP contribution in [0.5, 0.6) is 0 Å². The van der Waals surface area contributed by atoms with Crippen LogP contribution in [-0.2, 0) is 0 Å². The van der Waals surface area contributed by atoms with Crippen molar-refractivity contribution in [3.05, 3.63) is 23.9 Å². The molecule has 0 spiro atoms. The van der Waals surface area contributed by atoms with Crippen LogP contribution in [0.2, 0.25) is 0 Å². The third kappa shape index (κ3) is 2.12. The van der Waals surface area contributed by atoms with Crippen molar-refractivity contribution in [2.45, 2.75) is 32.2 Å². The van der Waals surface area contributed by atoms with Gasteiger partial charge in [0.1, 0.15) is 5.82 Å². The lowest BCUT2D eigenvalue weighted by Crippen LogP contribution is -2.21. The van der Waals surface area contributed by atoms with Crippen molar-refractivity contribution in [3.63, 3.8) is 0 Å². The molecule has 1 aliphatic carbocycles. The minimum atomic E-state index is 0.0589. The summed E-state index contributed by atoms with van der Waals surface area (Å²) in [6.45, 7) is 2.29. The largest absolute Gasteiger partial charge is 0.383 e. The molecule has 1 aromatic heterocycles. The number of rotatable bonds is 2. The van der Waals surface area contributed by atoms with Crippen LogP contribution in [0.1, 0.15) is 37.8 Å². The molecule has 1 saturated carbocycles. The standard InChI is InChI=1S/C12H19N3/c1-8-4-5-9(7-8)11(13)10-3-2-6-15-12(10)14/h2-3,6,8-9,11H,4-5,7,13H2,1H3,(H2,14,15). The molecule has 0 bridgehead atoms. The summed E-state index contributed by atoms with van der Waals surface area (Å²) < 4.78 is 0. The molecule has 1 fully saturated rings. The number of pyridine rings is 1. The zero-order valence-electron chi connectivity index (χ0n) is 9.19. The molecule has 15 heavy (non-hydrogen) atoms. The zero-order valence-corrected chi connectivity index (χ0v) is 9.19. The predicted octanol–water partition coefficient (Wildman–Crippen LogP) is 2.10. The van der Waals surface area contributed by atoms with E-state index >= 15 is 0 Å². The molecule has 0 radical (unpaired) electrons. The second-order valence-corrected chi connectivity index (χ2v) is 4.68. The van der Waals surface area contributed by atoms with E-state index < -0.39 is 0 Å². The van der Waals surface area contributed by atoms with Gasteiger partial charge in [-0.15, -0.1) is 0 Å². The molecule has 2 rings (SSSR count). The van der Waals surface area contributed by atoms with Gasteiger partial charge in [-0.3, -0.25) is 0 Å². The third-order valence-corrected chi connectivity index (χ3v) is 3.47. The average Bonchev–Trinajstić information content (AvgIpc) is 2.65. The number of hydrogen-bond acceptors (Lipinski definition) is 3. The van der Waals surface area contributed by atoms with Gasteiger partial charge in [0.25, 0.3) is 0 Å².